The normalized spacial score (nSPS) is 28.1. The van der Waals surface area contributed by atoms with Crippen molar-refractivity contribution in [3.8, 4) is 0 Å². The predicted octanol–water partition coefficient (Wildman–Crippen LogP) is 2.67. The minimum Gasteiger partial charge on any atom is -0.353 e. The lowest BCUT2D eigenvalue weighted by molar-refractivity contribution is 0.355. The molecule has 0 aliphatic carbocycles. The van der Waals surface area contributed by atoms with Crippen LogP contribution in [0.3, 0.4) is 0 Å². The van der Waals surface area contributed by atoms with Crippen LogP contribution < -0.4 is 4.90 Å². The Labute approximate surface area is 93.4 Å². The first kappa shape index (κ1) is 10.2. The van der Waals surface area contributed by atoms with E-state index in [1.165, 1.54) is 18.1 Å². The van der Waals surface area contributed by atoms with Crippen LogP contribution in [-0.4, -0.2) is 21.8 Å². The molecular weight excluding hydrogens is 218 g/mol. The Balaban J connectivity index is 2.15. The monoisotopic (exact) mass is 231 g/mol. The first-order valence-corrected chi connectivity index (χ1v) is 6.00. The van der Waals surface area contributed by atoms with Crippen molar-refractivity contribution >= 4 is 29.1 Å². The molecule has 1 saturated heterocycles. The van der Waals surface area contributed by atoms with Crippen molar-refractivity contribution in [1.29, 1.82) is 0 Å². The summed E-state index contributed by atoms with van der Waals surface area (Å²) in [6.07, 6.45) is 1.30. The van der Waals surface area contributed by atoms with E-state index in [4.69, 9.17) is 11.6 Å². The fourth-order valence-corrected chi connectivity index (χ4v) is 2.98. The molecule has 2 atom stereocenters. The molecule has 5 heteroatoms. The third kappa shape index (κ3) is 2.01. The van der Waals surface area contributed by atoms with E-state index in [-0.39, 0.29) is 0 Å². The van der Waals surface area contributed by atoms with E-state index in [1.54, 1.807) is 0 Å². The van der Waals surface area contributed by atoms with E-state index >= 15 is 0 Å². The molecule has 2 heterocycles. The van der Waals surface area contributed by atoms with Crippen LogP contribution >= 0.6 is 23.3 Å². The summed E-state index contributed by atoms with van der Waals surface area (Å²) in [4.78, 5) is 2.25. The fraction of sp³-hybridized carbons (Fsp3) is 0.778. The van der Waals surface area contributed by atoms with Gasteiger partial charge in [-0.2, -0.15) is 8.75 Å². The van der Waals surface area contributed by atoms with Crippen LogP contribution in [0.5, 0.6) is 0 Å². The van der Waals surface area contributed by atoms with Crippen LogP contribution in [0.1, 0.15) is 20.3 Å². The van der Waals surface area contributed by atoms with Crippen molar-refractivity contribution in [2.24, 2.45) is 11.8 Å². The van der Waals surface area contributed by atoms with Gasteiger partial charge in [0.15, 0.2) is 11.0 Å². The topological polar surface area (TPSA) is 29.0 Å². The smallest absolute Gasteiger partial charge is 0.187 e. The van der Waals surface area contributed by atoms with Gasteiger partial charge in [-0.1, -0.05) is 25.4 Å². The van der Waals surface area contributed by atoms with Crippen molar-refractivity contribution in [3.05, 3.63) is 5.15 Å². The maximum atomic E-state index is 5.96. The predicted molar refractivity (Wildman–Crippen MR) is 60.1 cm³/mol. The average molecular weight is 232 g/mol. The van der Waals surface area contributed by atoms with E-state index in [0.717, 1.165) is 30.7 Å². The second-order valence-corrected chi connectivity index (χ2v) is 5.12. The van der Waals surface area contributed by atoms with Crippen LogP contribution in [0.25, 0.3) is 0 Å². The summed E-state index contributed by atoms with van der Waals surface area (Å²) >= 11 is 7.15. The van der Waals surface area contributed by atoms with Gasteiger partial charge in [-0.25, -0.2) is 0 Å². The summed E-state index contributed by atoms with van der Waals surface area (Å²) in [6.45, 7) is 6.65. The zero-order valence-corrected chi connectivity index (χ0v) is 9.98. The summed E-state index contributed by atoms with van der Waals surface area (Å²) < 4.78 is 8.23. The number of piperidine rings is 1. The summed E-state index contributed by atoms with van der Waals surface area (Å²) in [5, 5.41) is 0.552. The Hall–Kier alpha value is -0.350. The Morgan fingerprint density at radius 1 is 1.29 bits per heavy atom. The number of aromatic nitrogens is 2. The van der Waals surface area contributed by atoms with Crippen LogP contribution in [0.2, 0.25) is 5.15 Å². The van der Waals surface area contributed by atoms with Gasteiger partial charge in [-0.15, -0.1) is 0 Å². The van der Waals surface area contributed by atoms with E-state index in [9.17, 15) is 0 Å². The molecule has 0 aromatic carbocycles. The first-order valence-electron chi connectivity index (χ1n) is 4.90. The SMILES string of the molecule is CC1CC(C)CN(c2nsnc2Cl)C1. The zero-order chi connectivity index (χ0) is 10.1. The third-order valence-corrected chi connectivity index (χ3v) is 3.47. The Bertz CT molecular complexity index is 305. The number of anilines is 1. The minimum atomic E-state index is 0.552. The number of halogens is 1. The van der Waals surface area contributed by atoms with Crippen molar-refractivity contribution in [2.45, 2.75) is 20.3 Å². The molecule has 14 heavy (non-hydrogen) atoms. The quantitative estimate of drug-likeness (QED) is 0.744. The third-order valence-electron chi connectivity index (χ3n) is 2.60. The molecule has 0 bridgehead atoms. The molecule has 2 rings (SSSR count). The average Bonchev–Trinajstić information content (AvgIpc) is 2.49. The summed E-state index contributed by atoms with van der Waals surface area (Å²) in [5.74, 6) is 2.31. The highest BCUT2D eigenvalue weighted by atomic mass is 35.5. The van der Waals surface area contributed by atoms with Gasteiger partial charge < -0.3 is 4.90 Å². The van der Waals surface area contributed by atoms with Crippen molar-refractivity contribution < 1.29 is 0 Å². The van der Waals surface area contributed by atoms with E-state index in [1.807, 2.05) is 0 Å². The van der Waals surface area contributed by atoms with Crippen molar-refractivity contribution in [1.82, 2.24) is 8.75 Å². The lowest BCUT2D eigenvalue weighted by Gasteiger charge is -2.34. The van der Waals surface area contributed by atoms with Gasteiger partial charge in [-0.3, -0.25) is 0 Å². The lowest BCUT2D eigenvalue weighted by atomic mass is 9.92. The number of nitrogens with zero attached hydrogens (tertiary/aromatic N) is 3. The molecule has 0 saturated carbocycles. The van der Waals surface area contributed by atoms with Gasteiger partial charge in [0.2, 0.25) is 0 Å². The molecule has 1 aromatic heterocycles. The zero-order valence-electron chi connectivity index (χ0n) is 8.40. The van der Waals surface area contributed by atoms with Crippen LogP contribution in [0.15, 0.2) is 0 Å². The van der Waals surface area contributed by atoms with E-state index in [0.29, 0.717) is 5.15 Å². The Morgan fingerprint density at radius 2 is 1.93 bits per heavy atom. The van der Waals surface area contributed by atoms with Crippen LogP contribution in [0.4, 0.5) is 5.82 Å². The molecule has 3 nitrogen and oxygen atoms in total. The second kappa shape index (κ2) is 4.03. The van der Waals surface area contributed by atoms with E-state index in [2.05, 4.69) is 27.5 Å². The summed E-state index contributed by atoms with van der Waals surface area (Å²) in [5.41, 5.74) is 0. The molecular formula is C9H14ClN3S. The molecule has 0 amide bonds. The second-order valence-electron chi connectivity index (χ2n) is 4.23. The van der Waals surface area contributed by atoms with Gasteiger partial charge in [0.05, 0.1) is 11.7 Å². The molecule has 1 aliphatic heterocycles. The molecule has 2 unspecified atom stereocenters. The maximum Gasteiger partial charge on any atom is 0.187 e. The molecule has 78 valence electrons. The molecule has 1 fully saturated rings. The van der Waals surface area contributed by atoms with Gasteiger partial charge in [0.25, 0.3) is 0 Å². The van der Waals surface area contributed by atoms with Crippen LogP contribution in [-0.2, 0) is 0 Å². The van der Waals surface area contributed by atoms with Crippen molar-refractivity contribution in [3.63, 3.8) is 0 Å². The standard InChI is InChI=1S/C9H14ClN3S/c1-6-3-7(2)5-13(4-6)9-8(10)11-14-12-9/h6-7H,3-5H2,1-2H3. The molecule has 1 aromatic rings. The summed E-state index contributed by atoms with van der Waals surface area (Å²) in [6, 6.07) is 0. The summed E-state index contributed by atoms with van der Waals surface area (Å²) in [7, 11) is 0. The molecule has 0 spiro atoms. The largest absolute Gasteiger partial charge is 0.353 e. The first-order chi connectivity index (χ1) is 6.66. The minimum absolute atomic E-state index is 0.552. The van der Waals surface area contributed by atoms with Gasteiger partial charge in [-0.05, 0) is 18.3 Å². The molecule has 1 aliphatic rings. The van der Waals surface area contributed by atoms with Crippen molar-refractivity contribution in [2.75, 3.05) is 18.0 Å². The van der Waals surface area contributed by atoms with E-state index < -0.39 is 0 Å². The Morgan fingerprint density at radius 3 is 2.43 bits per heavy atom. The highest BCUT2D eigenvalue weighted by Crippen LogP contribution is 2.29. The molecule has 0 radical (unpaired) electrons. The number of rotatable bonds is 1. The molecule has 0 N–H and O–H groups in total. The van der Waals surface area contributed by atoms with Gasteiger partial charge in [0.1, 0.15) is 0 Å². The highest BCUT2D eigenvalue weighted by Gasteiger charge is 2.25. The highest BCUT2D eigenvalue weighted by molar-refractivity contribution is 6.99. The number of hydrogen-bond donors (Lipinski definition) is 0. The number of hydrogen-bond acceptors (Lipinski definition) is 4. The van der Waals surface area contributed by atoms with Gasteiger partial charge in [0, 0.05) is 13.1 Å². The maximum absolute atomic E-state index is 5.96. The Kier molecular flexibility index (Phi) is 2.93. The van der Waals surface area contributed by atoms with Gasteiger partial charge >= 0.3 is 0 Å². The van der Waals surface area contributed by atoms with Crippen LogP contribution in [0, 0.1) is 11.8 Å². The fourth-order valence-electron chi connectivity index (χ4n) is 2.20. The lowest BCUT2D eigenvalue weighted by Crippen LogP contribution is -2.39.